The molecule has 2 aromatic heterocycles. The Bertz CT molecular complexity index is 1060. The van der Waals surface area contributed by atoms with E-state index in [2.05, 4.69) is 5.32 Å². The highest BCUT2D eigenvalue weighted by molar-refractivity contribution is 6.05. The predicted molar refractivity (Wildman–Crippen MR) is 86.7 cm³/mol. The van der Waals surface area contributed by atoms with Crippen molar-refractivity contribution >= 4 is 33.5 Å². The van der Waals surface area contributed by atoms with Gasteiger partial charge in [0.25, 0.3) is 5.91 Å². The highest BCUT2D eigenvalue weighted by Crippen LogP contribution is 2.21. The molecule has 0 unspecified atom stereocenters. The summed E-state index contributed by atoms with van der Waals surface area (Å²) in [5.74, 6) is -0.160. The molecule has 4 aromatic rings. The first-order chi connectivity index (χ1) is 11.2. The standard InChI is InChI=1S/C18H11NO4/c20-14-7-8-22-16-6-5-12(10-13(14)16)19-18(21)17-9-11-3-1-2-4-15(11)23-17/h1-10H,(H,19,21). The van der Waals surface area contributed by atoms with Crippen LogP contribution in [0.15, 0.2) is 74.5 Å². The molecule has 5 heteroatoms. The number of hydrogen-bond donors (Lipinski definition) is 1. The van der Waals surface area contributed by atoms with Crippen LogP contribution in [0.25, 0.3) is 21.9 Å². The second-order valence-electron chi connectivity index (χ2n) is 5.10. The summed E-state index contributed by atoms with van der Waals surface area (Å²) < 4.78 is 10.8. The third kappa shape index (κ3) is 2.38. The summed E-state index contributed by atoms with van der Waals surface area (Å²) >= 11 is 0. The maximum Gasteiger partial charge on any atom is 0.291 e. The van der Waals surface area contributed by atoms with E-state index in [1.54, 1.807) is 30.3 Å². The van der Waals surface area contributed by atoms with Gasteiger partial charge in [-0.05, 0) is 30.3 Å². The zero-order valence-corrected chi connectivity index (χ0v) is 11.9. The Morgan fingerprint density at radius 2 is 1.83 bits per heavy atom. The largest absolute Gasteiger partial charge is 0.464 e. The molecule has 1 amide bonds. The number of carbonyl (C=O) groups excluding carboxylic acids is 1. The Hall–Kier alpha value is -3.34. The van der Waals surface area contributed by atoms with E-state index in [4.69, 9.17) is 8.83 Å². The van der Waals surface area contributed by atoms with Crippen LogP contribution in [-0.4, -0.2) is 5.91 Å². The minimum atomic E-state index is -0.374. The number of furan rings is 1. The number of hydrogen-bond acceptors (Lipinski definition) is 4. The van der Waals surface area contributed by atoms with Crippen LogP contribution in [0.2, 0.25) is 0 Å². The number of anilines is 1. The zero-order chi connectivity index (χ0) is 15.8. The van der Waals surface area contributed by atoms with Crippen molar-refractivity contribution in [2.45, 2.75) is 0 Å². The normalized spacial score (nSPS) is 11.0. The first-order valence-electron chi connectivity index (χ1n) is 7.02. The molecule has 0 fully saturated rings. The molecule has 0 saturated carbocycles. The van der Waals surface area contributed by atoms with Crippen LogP contribution in [0.1, 0.15) is 10.6 Å². The van der Waals surface area contributed by atoms with E-state index < -0.39 is 0 Å². The molecule has 2 aromatic carbocycles. The molecule has 4 rings (SSSR count). The number of para-hydroxylation sites is 1. The van der Waals surface area contributed by atoms with Crippen LogP contribution in [0.5, 0.6) is 0 Å². The summed E-state index contributed by atoms with van der Waals surface area (Å²) in [6, 6.07) is 15.3. The third-order valence-corrected chi connectivity index (χ3v) is 3.57. The molecule has 0 atom stereocenters. The summed E-state index contributed by atoms with van der Waals surface area (Å²) in [4.78, 5) is 24.1. The minimum absolute atomic E-state index is 0.161. The van der Waals surface area contributed by atoms with E-state index in [0.29, 0.717) is 22.2 Å². The lowest BCUT2D eigenvalue weighted by Gasteiger charge is -2.04. The van der Waals surface area contributed by atoms with E-state index in [1.807, 2.05) is 18.2 Å². The molecular formula is C18H11NO4. The molecule has 0 aliphatic rings. The molecule has 112 valence electrons. The number of fused-ring (bicyclic) bond motifs is 2. The van der Waals surface area contributed by atoms with Gasteiger partial charge in [0, 0.05) is 17.1 Å². The maximum absolute atomic E-state index is 12.3. The highest BCUT2D eigenvalue weighted by atomic mass is 16.3. The summed E-state index contributed by atoms with van der Waals surface area (Å²) in [5, 5.41) is 4.00. The highest BCUT2D eigenvalue weighted by Gasteiger charge is 2.13. The van der Waals surface area contributed by atoms with Gasteiger partial charge in [0.1, 0.15) is 11.2 Å². The van der Waals surface area contributed by atoms with E-state index >= 15 is 0 Å². The quantitative estimate of drug-likeness (QED) is 0.611. The Labute approximate surface area is 130 Å². The SMILES string of the molecule is O=C(Nc1ccc2occc(=O)c2c1)c1cc2ccccc2o1. The van der Waals surface area contributed by atoms with Gasteiger partial charge in [-0.3, -0.25) is 9.59 Å². The van der Waals surface area contributed by atoms with Crippen LogP contribution in [-0.2, 0) is 0 Å². The monoisotopic (exact) mass is 305 g/mol. The maximum atomic E-state index is 12.3. The summed E-state index contributed by atoms with van der Waals surface area (Å²) in [6.07, 6.45) is 1.34. The average molecular weight is 305 g/mol. The van der Waals surface area contributed by atoms with Crippen LogP contribution < -0.4 is 10.7 Å². The molecular weight excluding hydrogens is 294 g/mol. The Balaban J connectivity index is 1.68. The van der Waals surface area contributed by atoms with E-state index in [0.717, 1.165) is 5.39 Å². The zero-order valence-electron chi connectivity index (χ0n) is 11.9. The molecule has 0 saturated heterocycles. The first-order valence-corrected chi connectivity index (χ1v) is 7.02. The van der Waals surface area contributed by atoms with Crippen LogP contribution in [0.4, 0.5) is 5.69 Å². The minimum Gasteiger partial charge on any atom is -0.464 e. The lowest BCUT2D eigenvalue weighted by atomic mass is 10.2. The van der Waals surface area contributed by atoms with Crippen molar-refractivity contribution in [1.29, 1.82) is 0 Å². The van der Waals surface area contributed by atoms with Crippen LogP contribution >= 0.6 is 0 Å². The molecule has 0 bridgehead atoms. The molecule has 5 nitrogen and oxygen atoms in total. The lowest BCUT2D eigenvalue weighted by molar-refractivity contribution is 0.0998. The molecule has 0 aliphatic heterocycles. The second kappa shape index (κ2) is 5.14. The predicted octanol–water partition coefficient (Wildman–Crippen LogP) is 3.79. The molecule has 0 radical (unpaired) electrons. The topological polar surface area (TPSA) is 72.5 Å². The number of carbonyl (C=O) groups is 1. The van der Waals surface area contributed by atoms with Crippen molar-refractivity contribution in [3.05, 3.63) is 76.8 Å². The van der Waals surface area contributed by atoms with E-state index in [9.17, 15) is 9.59 Å². The Kier molecular flexibility index (Phi) is 2.98. The summed E-state index contributed by atoms with van der Waals surface area (Å²) in [6.45, 7) is 0. The molecule has 2 heterocycles. The van der Waals surface area contributed by atoms with Gasteiger partial charge in [-0.2, -0.15) is 0 Å². The van der Waals surface area contributed by atoms with Gasteiger partial charge in [0.15, 0.2) is 11.2 Å². The molecule has 1 N–H and O–H groups in total. The van der Waals surface area contributed by atoms with E-state index in [-0.39, 0.29) is 17.1 Å². The average Bonchev–Trinajstić information content (AvgIpc) is 3.00. The second-order valence-corrected chi connectivity index (χ2v) is 5.10. The fourth-order valence-electron chi connectivity index (χ4n) is 2.45. The summed E-state index contributed by atoms with van der Waals surface area (Å²) in [7, 11) is 0. The van der Waals surface area contributed by atoms with Gasteiger partial charge in [-0.25, -0.2) is 0 Å². The van der Waals surface area contributed by atoms with Gasteiger partial charge in [0.05, 0.1) is 11.6 Å². The van der Waals surface area contributed by atoms with Crippen molar-refractivity contribution in [2.24, 2.45) is 0 Å². The number of rotatable bonds is 2. The summed E-state index contributed by atoms with van der Waals surface area (Å²) in [5.41, 5.74) is 1.46. The molecule has 0 spiro atoms. The van der Waals surface area contributed by atoms with Gasteiger partial charge in [-0.1, -0.05) is 18.2 Å². The fraction of sp³-hybridized carbons (Fsp3) is 0. The number of nitrogens with one attached hydrogen (secondary N) is 1. The van der Waals surface area contributed by atoms with Gasteiger partial charge < -0.3 is 14.2 Å². The molecule has 0 aliphatic carbocycles. The fourth-order valence-corrected chi connectivity index (χ4v) is 2.45. The van der Waals surface area contributed by atoms with Crippen LogP contribution in [0.3, 0.4) is 0 Å². The van der Waals surface area contributed by atoms with Crippen molar-refractivity contribution in [3.63, 3.8) is 0 Å². The molecule has 23 heavy (non-hydrogen) atoms. The Morgan fingerprint density at radius 3 is 2.70 bits per heavy atom. The van der Waals surface area contributed by atoms with E-state index in [1.165, 1.54) is 12.3 Å². The number of amides is 1. The smallest absolute Gasteiger partial charge is 0.291 e. The van der Waals surface area contributed by atoms with Crippen molar-refractivity contribution < 1.29 is 13.6 Å². The Morgan fingerprint density at radius 1 is 0.957 bits per heavy atom. The van der Waals surface area contributed by atoms with Gasteiger partial charge in [-0.15, -0.1) is 0 Å². The van der Waals surface area contributed by atoms with Crippen LogP contribution in [0, 0.1) is 0 Å². The third-order valence-electron chi connectivity index (χ3n) is 3.57. The van der Waals surface area contributed by atoms with Crippen molar-refractivity contribution in [3.8, 4) is 0 Å². The van der Waals surface area contributed by atoms with Gasteiger partial charge >= 0.3 is 0 Å². The first kappa shape index (κ1) is 13.3. The lowest BCUT2D eigenvalue weighted by Crippen LogP contribution is -2.11. The van der Waals surface area contributed by atoms with Crippen molar-refractivity contribution in [2.75, 3.05) is 5.32 Å². The number of benzene rings is 2. The van der Waals surface area contributed by atoms with Gasteiger partial charge in [0.2, 0.25) is 0 Å². The van der Waals surface area contributed by atoms with Crippen molar-refractivity contribution in [1.82, 2.24) is 0 Å².